The molecule has 1 heterocycles. The summed E-state index contributed by atoms with van der Waals surface area (Å²) in [6, 6.07) is 5.07. The molecule has 0 fully saturated rings. The molecule has 96 valence electrons. The summed E-state index contributed by atoms with van der Waals surface area (Å²) < 4.78 is 0. The van der Waals surface area contributed by atoms with Crippen LogP contribution in [0.3, 0.4) is 0 Å². The number of hydrogen-bond acceptors (Lipinski definition) is 4. The van der Waals surface area contributed by atoms with Crippen molar-refractivity contribution in [2.75, 3.05) is 6.54 Å². The molecule has 0 aliphatic carbocycles. The van der Waals surface area contributed by atoms with Crippen LogP contribution in [0.1, 0.15) is 16.5 Å². The molecule has 2 rings (SSSR count). The maximum Gasteiger partial charge on any atom is 0.0915 e. The Kier molecular flexibility index (Phi) is 4.97. The minimum absolute atomic E-state index is 0.439. The Bertz CT molecular complexity index is 485. The van der Waals surface area contributed by atoms with Crippen LogP contribution in [0.2, 0.25) is 10.0 Å². The van der Waals surface area contributed by atoms with Crippen molar-refractivity contribution < 1.29 is 5.11 Å². The van der Waals surface area contributed by atoms with E-state index in [-0.39, 0.29) is 0 Å². The van der Waals surface area contributed by atoms with E-state index in [1.54, 1.807) is 41.2 Å². The van der Waals surface area contributed by atoms with E-state index in [0.717, 1.165) is 4.88 Å². The van der Waals surface area contributed by atoms with Crippen LogP contribution in [0.4, 0.5) is 0 Å². The van der Waals surface area contributed by atoms with Crippen LogP contribution in [0.5, 0.6) is 0 Å². The molecule has 18 heavy (non-hydrogen) atoms. The molecule has 0 saturated carbocycles. The molecule has 0 amide bonds. The Morgan fingerprint density at radius 2 is 2.00 bits per heavy atom. The van der Waals surface area contributed by atoms with Crippen molar-refractivity contribution in [3.05, 3.63) is 50.4 Å². The standard InChI is InChI=1S/C12H12Cl2N2OS/c13-9-1-8(2-10(14)3-9)12(17)6-15-4-11-5-16-7-18-11/h1-3,5,7,12,15,17H,4,6H2. The Hall–Kier alpha value is -0.650. The smallest absolute Gasteiger partial charge is 0.0915 e. The lowest BCUT2D eigenvalue weighted by Crippen LogP contribution is -2.20. The molecule has 1 aromatic carbocycles. The summed E-state index contributed by atoms with van der Waals surface area (Å²) in [7, 11) is 0. The van der Waals surface area contributed by atoms with E-state index in [2.05, 4.69) is 10.3 Å². The number of aromatic nitrogens is 1. The number of halogens is 2. The lowest BCUT2D eigenvalue weighted by Gasteiger charge is -2.12. The van der Waals surface area contributed by atoms with Crippen LogP contribution >= 0.6 is 34.5 Å². The quantitative estimate of drug-likeness (QED) is 0.891. The van der Waals surface area contributed by atoms with Gasteiger partial charge in [-0.05, 0) is 23.8 Å². The van der Waals surface area contributed by atoms with Gasteiger partial charge in [-0.2, -0.15) is 0 Å². The first kappa shape index (κ1) is 13.8. The third kappa shape index (κ3) is 3.93. The number of hydrogen-bond donors (Lipinski definition) is 2. The Labute approximate surface area is 119 Å². The topological polar surface area (TPSA) is 45.1 Å². The van der Waals surface area contributed by atoms with Crippen LogP contribution in [-0.2, 0) is 6.54 Å². The zero-order valence-electron chi connectivity index (χ0n) is 9.44. The highest BCUT2D eigenvalue weighted by atomic mass is 35.5. The first-order valence-corrected chi connectivity index (χ1v) is 7.01. The molecule has 3 nitrogen and oxygen atoms in total. The highest BCUT2D eigenvalue weighted by Gasteiger charge is 2.09. The van der Waals surface area contributed by atoms with Gasteiger partial charge in [0.05, 0.1) is 11.6 Å². The largest absolute Gasteiger partial charge is 0.387 e. The fourth-order valence-electron chi connectivity index (χ4n) is 1.55. The van der Waals surface area contributed by atoms with Crippen molar-refractivity contribution in [3.8, 4) is 0 Å². The van der Waals surface area contributed by atoms with Gasteiger partial charge in [0.2, 0.25) is 0 Å². The first-order valence-electron chi connectivity index (χ1n) is 5.37. The molecule has 0 bridgehead atoms. The van der Waals surface area contributed by atoms with E-state index >= 15 is 0 Å². The number of thiazole rings is 1. The van der Waals surface area contributed by atoms with E-state index in [9.17, 15) is 5.11 Å². The van der Waals surface area contributed by atoms with Gasteiger partial charge >= 0.3 is 0 Å². The molecule has 2 aromatic rings. The summed E-state index contributed by atoms with van der Waals surface area (Å²) in [5.74, 6) is 0. The molecule has 2 N–H and O–H groups in total. The van der Waals surface area contributed by atoms with Gasteiger partial charge in [0.1, 0.15) is 0 Å². The summed E-state index contributed by atoms with van der Waals surface area (Å²) in [5, 5.41) is 14.2. The summed E-state index contributed by atoms with van der Waals surface area (Å²) >= 11 is 13.4. The SMILES string of the molecule is OC(CNCc1cncs1)c1cc(Cl)cc(Cl)c1. The number of benzene rings is 1. The Morgan fingerprint density at radius 3 is 2.61 bits per heavy atom. The van der Waals surface area contributed by atoms with Gasteiger partial charge < -0.3 is 10.4 Å². The lowest BCUT2D eigenvalue weighted by atomic mass is 10.1. The maximum atomic E-state index is 10.0. The van der Waals surface area contributed by atoms with Gasteiger partial charge in [-0.1, -0.05) is 23.2 Å². The molecule has 1 aromatic heterocycles. The fraction of sp³-hybridized carbons (Fsp3) is 0.250. The van der Waals surface area contributed by atoms with E-state index in [1.165, 1.54) is 0 Å². The van der Waals surface area contributed by atoms with Gasteiger partial charge in [0, 0.05) is 34.2 Å². The third-order valence-corrected chi connectivity index (χ3v) is 3.61. The zero-order chi connectivity index (χ0) is 13.0. The van der Waals surface area contributed by atoms with Crippen LogP contribution in [-0.4, -0.2) is 16.6 Å². The van der Waals surface area contributed by atoms with E-state index in [0.29, 0.717) is 28.7 Å². The van der Waals surface area contributed by atoms with Crippen molar-refractivity contribution in [1.29, 1.82) is 0 Å². The molecular formula is C12H12Cl2N2OS. The zero-order valence-corrected chi connectivity index (χ0v) is 11.8. The van der Waals surface area contributed by atoms with Gasteiger partial charge in [-0.3, -0.25) is 4.98 Å². The number of nitrogens with one attached hydrogen (secondary N) is 1. The minimum atomic E-state index is -0.630. The number of nitrogens with zero attached hydrogens (tertiary/aromatic N) is 1. The van der Waals surface area contributed by atoms with Crippen molar-refractivity contribution in [1.82, 2.24) is 10.3 Å². The second-order valence-electron chi connectivity index (χ2n) is 3.82. The molecular weight excluding hydrogens is 291 g/mol. The lowest BCUT2D eigenvalue weighted by molar-refractivity contribution is 0.174. The Morgan fingerprint density at radius 1 is 1.28 bits per heavy atom. The van der Waals surface area contributed by atoms with Gasteiger partial charge in [0.25, 0.3) is 0 Å². The van der Waals surface area contributed by atoms with Crippen molar-refractivity contribution in [3.63, 3.8) is 0 Å². The van der Waals surface area contributed by atoms with E-state index in [1.807, 2.05) is 0 Å². The second kappa shape index (κ2) is 6.50. The molecule has 0 saturated heterocycles. The fourth-order valence-corrected chi connectivity index (χ4v) is 2.65. The molecule has 1 atom stereocenters. The number of aliphatic hydroxyl groups excluding tert-OH is 1. The van der Waals surface area contributed by atoms with Crippen LogP contribution in [0.15, 0.2) is 29.9 Å². The summed E-state index contributed by atoms with van der Waals surface area (Å²) in [6.45, 7) is 1.13. The molecule has 0 spiro atoms. The van der Waals surface area contributed by atoms with Crippen molar-refractivity contribution >= 4 is 34.5 Å². The third-order valence-electron chi connectivity index (χ3n) is 2.39. The normalized spacial score (nSPS) is 12.6. The Balaban J connectivity index is 1.89. The summed E-state index contributed by atoms with van der Waals surface area (Å²) in [6.07, 6.45) is 1.18. The van der Waals surface area contributed by atoms with Crippen LogP contribution in [0.25, 0.3) is 0 Å². The van der Waals surface area contributed by atoms with Gasteiger partial charge in [-0.25, -0.2) is 0 Å². The summed E-state index contributed by atoms with van der Waals surface area (Å²) in [5.41, 5.74) is 2.49. The van der Waals surface area contributed by atoms with Gasteiger partial charge in [0.15, 0.2) is 0 Å². The van der Waals surface area contributed by atoms with Crippen LogP contribution in [0, 0.1) is 0 Å². The van der Waals surface area contributed by atoms with Gasteiger partial charge in [-0.15, -0.1) is 11.3 Å². The second-order valence-corrected chi connectivity index (χ2v) is 5.66. The van der Waals surface area contributed by atoms with E-state index < -0.39 is 6.10 Å². The predicted molar refractivity (Wildman–Crippen MR) is 75.2 cm³/mol. The number of rotatable bonds is 5. The maximum absolute atomic E-state index is 10.0. The predicted octanol–water partition coefficient (Wildman–Crippen LogP) is 3.27. The average Bonchev–Trinajstić information content (AvgIpc) is 2.80. The molecule has 0 aliphatic rings. The molecule has 0 radical (unpaired) electrons. The van der Waals surface area contributed by atoms with Crippen LogP contribution < -0.4 is 5.32 Å². The highest BCUT2D eigenvalue weighted by molar-refractivity contribution is 7.09. The van der Waals surface area contributed by atoms with Crippen molar-refractivity contribution in [2.24, 2.45) is 0 Å². The average molecular weight is 303 g/mol. The van der Waals surface area contributed by atoms with E-state index in [4.69, 9.17) is 23.2 Å². The highest BCUT2D eigenvalue weighted by Crippen LogP contribution is 2.23. The van der Waals surface area contributed by atoms with Crippen molar-refractivity contribution in [2.45, 2.75) is 12.6 Å². The summed E-state index contributed by atoms with van der Waals surface area (Å²) in [4.78, 5) is 5.11. The number of aliphatic hydroxyl groups is 1. The monoisotopic (exact) mass is 302 g/mol. The molecule has 1 unspecified atom stereocenters. The molecule has 0 aliphatic heterocycles. The molecule has 6 heteroatoms. The first-order chi connectivity index (χ1) is 8.65. The minimum Gasteiger partial charge on any atom is -0.387 e.